The number of benzene rings is 1. The van der Waals surface area contributed by atoms with E-state index in [-0.39, 0.29) is 5.56 Å². The highest BCUT2D eigenvalue weighted by Gasteiger charge is 2.36. The van der Waals surface area contributed by atoms with Crippen LogP contribution in [-0.4, -0.2) is 29.8 Å². The first kappa shape index (κ1) is 15.2. The van der Waals surface area contributed by atoms with E-state index in [0.29, 0.717) is 24.9 Å². The van der Waals surface area contributed by atoms with E-state index in [1.54, 1.807) is 0 Å². The molecular formula is C14H15ClF3NO. The van der Waals surface area contributed by atoms with E-state index in [9.17, 15) is 18.0 Å². The van der Waals surface area contributed by atoms with Crippen LogP contribution in [0.25, 0.3) is 0 Å². The summed E-state index contributed by atoms with van der Waals surface area (Å²) < 4.78 is 38.7. The van der Waals surface area contributed by atoms with Gasteiger partial charge in [-0.15, -0.1) is 11.6 Å². The molecular weight excluding hydrogens is 291 g/mol. The fourth-order valence-corrected chi connectivity index (χ4v) is 2.69. The fourth-order valence-electron chi connectivity index (χ4n) is 2.38. The molecule has 2 nitrogen and oxygen atoms in total. The van der Waals surface area contributed by atoms with Crippen molar-refractivity contribution in [3.05, 3.63) is 35.4 Å². The van der Waals surface area contributed by atoms with E-state index in [0.717, 1.165) is 18.9 Å². The summed E-state index contributed by atoms with van der Waals surface area (Å²) in [5.74, 6) is 0.325. The van der Waals surface area contributed by atoms with Crippen LogP contribution in [0.5, 0.6) is 0 Å². The smallest absolute Gasteiger partial charge is 0.339 e. The third-order valence-electron chi connectivity index (χ3n) is 3.58. The van der Waals surface area contributed by atoms with Crippen LogP contribution in [0.3, 0.4) is 0 Å². The molecule has 2 rings (SSSR count). The summed E-state index contributed by atoms with van der Waals surface area (Å²) in [4.78, 5) is 13.7. The summed E-state index contributed by atoms with van der Waals surface area (Å²) >= 11 is 5.76. The fraction of sp³-hybridized carbons (Fsp3) is 0.500. The molecule has 0 unspecified atom stereocenters. The van der Waals surface area contributed by atoms with Crippen LogP contribution >= 0.6 is 11.6 Å². The number of piperidine rings is 1. The van der Waals surface area contributed by atoms with Gasteiger partial charge in [-0.1, -0.05) is 12.1 Å². The molecule has 0 bridgehead atoms. The van der Waals surface area contributed by atoms with Gasteiger partial charge in [-0.3, -0.25) is 4.79 Å². The van der Waals surface area contributed by atoms with Crippen LogP contribution < -0.4 is 0 Å². The van der Waals surface area contributed by atoms with Crippen molar-refractivity contribution in [2.75, 3.05) is 19.0 Å². The Hall–Kier alpha value is -1.23. The first-order valence-corrected chi connectivity index (χ1v) is 6.98. The molecule has 0 saturated carbocycles. The van der Waals surface area contributed by atoms with Crippen LogP contribution in [0.4, 0.5) is 13.2 Å². The van der Waals surface area contributed by atoms with Gasteiger partial charge in [-0.2, -0.15) is 13.2 Å². The van der Waals surface area contributed by atoms with E-state index in [1.165, 1.54) is 23.1 Å². The molecule has 0 atom stereocenters. The number of nitrogens with zero attached hydrogens (tertiary/aromatic N) is 1. The Morgan fingerprint density at radius 3 is 2.40 bits per heavy atom. The molecule has 0 aliphatic carbocycles. The number of rotatable bonds is 2. The van der Waals surface area contributed by atoms with Gasteiger partial charge in [0.25, 0.3) is 5.91 Å². The molecule has 0 N–H and O–H groups in total. The normalized spacial score (nSPS) is 17.3. The number of carbonyl (C=O) groups excluding carboxylic acids is 1. The summed E-state index contributed by atoms with van der Waals surface area (Å²) in [6, 6.07) is 4.92. The predicted molar refractivity (Wildman–Crippen MR) is 70.8 cm³/mol. The number of carbonyl (C=O) groups is 1. The lowest BCUT2D eigenvalue weighted by Crippen LogP contribution is -2.39. The second kappa shape index (κ2) is 6.04. The van der Waals surface area contributed by atoms with Crippen molar-refractivity contribution in [3.63, 3.8) is 0 Å². The summed E-state index contributed by atoms with van der Waals surface area (Å²) in [6.45, 7) is 0.921. The zero-order valence-electron chi connectivity index (χ0n) is 10.8. The Kier molecular flexibility index (Phi) is 4.58. The molecule has 1 aromatic carbocycles. The van der Waals surface area contributed by atoms with Gasteiger partial charge in [0.15, 0.2) is 0 Å². The van der Waals surface area contributed by atoms with Crippen molar-refractivity contribution in [1.82, 2.24) is 4.90 Å². The van der Waals surface area contributed by atoms with Crippen molar-refractivity contribution in [1.29, 1.82) is 0 Å². The number of hydrogen-bond donors (Lipinski definition) is 0. The van der Waals surface area contributed by atoms with Crippen LogP contribution in [0.1, 0.15) is 28.8 Å². The van der Waals surface area contributed by atoms with E-state index in [4.69, 9.17) is 11.6 Å². The Morgan fingerprint density at radius 2 is 1.85 bits per heavy atom. The zero-order valence-corrected chi connectivity index (χ0v) is 11.5. The molecule has 1 fully saturated rings. The van der Waals surface area contributed by atoms with E-state index >= 15 is 0 Å². The first-order chi connectivity index (χ1) is 9.43. The van der Waals surface area contributed by atoms with Gasteiger partial charge in [0.05, 0.1) is 11.1 Å². The Labute approximate surface area is 120 Å². The molecule has 1 saturated heterocycles. The van der Waals surface area contributed by atoms with Gasteiger partial charge >= 0.3 is 6.18 Å². The monoisotopic (exact) mass is 305 g/mol. The maximum atomic E-state index is 12.9. The molecule has 1 aliphatic heterocycles. The van der Waals surface area contributed by atoms with Crippen LogP contribution in [0, 0.1) is 5.92 Å². The lowest BCUT2D eigenvalue weighted by Gasteiger charge is -2.31. The number of likely N-dealkylation sites (tertiary alicyclic amines) is 1. The van der Waals surface area contributed by atoms with Crippen molar-refractivity contribution in [2.24, 2.45) is 5.92 Å². The van der Waals surface area contributed by atoms with Crippen molar-refractivity contribution in [2.45, 2.75) is 19.0 Å². The molecule has 1 aliphatic rings. The average molecular weight is 306 g/mol. The zero-order chi connectivity index (χ0) is 14.8. The predicted octanol–water partition coefficient (Wildman–Crippen LogP) is 3.80. The number of hydrogen-bond acceptors (Lipinski definition) is 1. The van der Waals surface area contributed by atoms with Gasteiger partial charge in [0.2, 0.25) is 0 Å². The minimum Gasteiger partial charge on any atom is -0.339 e. The Balaban J connectivity index is 2.18. The highest BCUT2D eigenvalue weighted by Crippen LogP contribution is 2.33. The van der Waals surface area contributed by atoms with Crippen LogP contribution in [0.2, 0.25) is 0 Å². The maximum Gasteiger partial charge on any atom is 0.417 e. The lowest BCUT2D eigenvalue weighted by molar-refractivity contribution is -0.138. The molecule has 1 amide bonds. The highest BCUT2D eigenvalue weighted by atomic mass is 35.5. The van der Waals surface area contributed by atoms with Gasteiger partial charge in [0.1, 0.15) is 0 Å². The Morgan fingerprint density at radius 1 is 1.25 bits per heavy atom. The molecule has 0 spiro atoms. The minimum absolute atomic E-state index is 0.274. The maximum absolute atomic E-state index is 12.9. The number of amides is 1. The van der Waals surface area contributed by atoms with E-state index in [2.05, 4.69) is 0 Å². The van der Waals surface area contributed by atoms with Crippen molar-refractivity contribution in [3.8, 4) is 0 Å². The molecule has 1 aromatic rings. The standard InChI is InChI=1S/C14H15ClF3NO/c15-9-10-5-7-19(8-6-10)13(20)11-3-1-2-4-12(11)14(16,17)18/h1-4,10H,5-9H2. The number of halogens is 4. The second-order valence-corrected chi connectivity index (χ2v) is 5.24. The third-order valence-corrected chi connectivity index (χ3v) is 4.02. The first-order valence-electron chi connectivity index (χ1n) is 6.45. The molecule has 110 valence electrons. The van der Waals surface area contributed by atoms with Crippen molar-refractivity contribution >= 4 is 17.5 Å². The summed E-state index contributed by atoms with van der Waals surface area (Å²) in [7, 11) is 0. The topological polar surface area (TPSA) is 20.3 Å². The minimum atomic E-state index is -4.51. The average Bonchev–Trinajstić information content (AvgIpc) is 2.46. The van der Waals surface area contributed by atoms with Gasteiger partial charge in [-0.25, -0.2) is 0 Å². The third kappa shape index (κ3) is 3.26. The molecule has 20 heavy (non-hydrogen) atoms. The highest BCUT2D eigenvalue weighted by molar-refractivity contribution is 6.18. The number of alkyl halides is 4. The summed E-state index contributed by atoms with van der Waals surface area (Å²) in [5, 5.41) is 0. The van der Waals surface area contributed by atoms with Gasteiger partial charge in [0, 0.05) is 19.0 Å². The van der Waals surface area contributed by atoms with E-state index in [1.807, 2.05) is 0 Å². The second-order valence-electron chi connectivity index (χ2n) is 4.93. The SMILES string of the molecule is O=C(c1ccccc1C(F)(F)F)N1CCC(CCl)CC1. The lowest BCUT2D eigenvalue weighted by atomic mass is 9.97. The van der Waals surface area contributed by atoms with E-state index < -0.39 is 17.6 Å². The van der Waals surface area contributed by atoms with Crippen LogP contribution in [-0.2, 0) is 6.18 Å². The summed E-state index contributed by atoms with van der Waals surface area (Å²) in [6.07, 6.45) is -3.03. The largest absolute Gasteiger partial charge is 0.417 e. The van der Waals surface area contributed by atoms with Gasteiger partial charge in [-0.05, 0) is 30.9 Å². The van der Waals surface area contributed by atoms with Crippen molar-refractivity contribution < 1.29 is 18.0 Å². The molecule has 0 aromatic heterocycles. The molecule has 6 heteroatoms. The summed E-state index contributed by atoms with van der Waals surface area (Å²) in [5.41, 5.74) is -1.14. The Bertz CT molecular complexity index is 482. The van der Waals surface area contributed by atoms with Gasteiger partial charge < -0.3 is 4.90 Å². The van der Waals surface area contributed by atoms with Crippen LogP contribution in [0.15, 0.2) is 24.3 Å². The molecule has 1 heterocycles. The quantitative estimate of drug-likeness (QED) is 0.761. The molecule has 0 radical (unpaired) electrons.